The fraction of sp³-hybridized carbons (Fsp3) is 0.176. The Balaban J connectivity index is 1.32. The minimum atomic E-state index is -0.128. The van der Waals surface area contributed by atoms with Gasteiger partial charge in [-0.1, -0.05) is 17.8 Å². The van der Waals surface area contributed by atoms with Gasteiger partial charge in [0.05, 0.1) is 10.1 Å². The summed E-state index contributed by atoms with van der Waals surface area (Å²) < 4.78 is 22.2. The van der Waals surface area contributed by atoms with E-state index in [1.54, 1.807) is 11.3 Å². The topological polar surface area (TPSA) is 96.3 Å². The highest BCUT2D eigenvalue weighted by molar-refractivity contribution is 7.99. The van der Waals surface area contributed by atoms with E-state index < -0.39 is 0 Å². The van der Waals surface area contributed by atoms with Crippen LogP contribution in [0.25, 0.3) is 22.2 Å². The van der Waals surface area contributed by atoms with Crippen molar-refractivity contribution < 1.29 is 18.3 Å². The highest BCUT2D eigenvalue weighted by Crippen LogP contribution is 2.38. The first-order chi connectivity index (χ1) is 13.3. The maximum atomic E-state index is 5.76. The molecule has 0 bridgehead atoms. The van der Waals surface area contributed by atoms with Crippen molar-refractivity contribution in [2.24, 2.45) is 0 Å². The maximum Gasteiger partial charge on any atom is 0.277 e. The molecule has 0 unspecified atom stereocenters. The van der Waals surface area contributed by atoms with E-state index in [9.17, 15) is 0 Å². The van der Waals surface area contributed by atoms with Crippen molar-refractivity contribution >= 4 is 23.1 Å². The Morgan fingerprint density at radius 1 is 1.00 bits per heavy atom. The Kier molecular flexibility index (Phi) is 4.06. The molecule has 0 aliphatic carbocycles. The number of benzene rings is 1. The van der Waals surface area contributed by atoms with Gasteiger partial charge < -0.3 is 18.3 Å². The van der Waals surface area contributed by atoms with Gasteiger partial charge in [0, 0.05) is 5.56 Å². The molecule has 1 aromatic carbocycles. The van der Waals surface area contributed by atoms with E-state index in [4.69, 9.17) is 18.3 Å². The molecular formula is C17H12N4O4S2. The lowest BCUT2D eigenvalue weighted by atomic mass is 10.2. The molecule has 4 aromatic rings. The molecule has 0 N–H and O–H groups in total. The number of aromatic nitrogens is 4. The van der Waals surface area contributed by atoms with E-state index in [1.165, 1.54) is 11.8 Å². The second kappa shape index (κ2) is 6.71. The van der Waals surface area contributed by atoms with Crippen molar-refractivity contribution in [1.82, 2.24) is 20.4 Å². The number of hydrogen-bond acceptors (Lipinski definition) is 10. The second-order valence-corrected chi connectivity index (χ2v) is 7.86. The molecule has 1 aliphatic heterocycles. The third kappa shape index (κ3) is 3.17. The summed E-state index contributed by atoms with van der Waals surface area (Å²) in [4.78, 5) is 0.939. The average Bonchev–Trinajstić information content (AvgIpc) is 3.47. The quantitative estimate of drug-likeness (QED) is 0.451. The van der Waals surface area contributed by atoms with E-state index in [0.29, 0.717) is 34.4 Å². The molecule has 1 atom stereocenters. The molecule has 5 rings (SSSR count). The van der Waals surface area contributed by atoms with Crippen LogP contribution in [0.15, 0.2) is 49.8 Å². The van der Waals surface area contributed by atoms with Crippen molar-refractivity contribution in [2.75, 3.05) is 6.79 Å². The number of nitrogens with zero attached hydrogens (tertiary/aromatic N) is 4. The third-order valence-electron chi connectivity index (χ3n) is 3.82. The first kappa shape index (κ1) is 16.3. The van der Waals surface area contributed by atoms with Gasteiger partial charge in [-0.15, -0.1) is 31.7 Å². The van der Waals surface area contributed by atoms with E-state index in [0.717, 1.165) is 10.4 Å². The number of fused-ring (bicyclic) bond motifs is 1. The Hall–Kier alpha value is -2.85. The van der Waals surface area contributed by atoms with Crippen LogP contribution < -0.4 is 9.47 Å². The molecule has 8 nitrogen and oxygen atoms in total. The van der Waals surface area contributed by atoms with Crippen molar-refractivity contribution in [2.45, 2.75) is 17.4 Å². The molecule has 0 amide bonds. The lowest BCUT2D eigenvalue weighted by molar-refractivity contribution is 0.174. The van der Waals surface area contributed by atoms with Crippen LogP contribution in [-0.4, -0.2) is 27.2 Å². The van der Waals surface area contributed by atoms with Crippen LogP contribution in [0.4, 0.5) is 0 Å². The van der Waals surface area contributed by atoms with E-state index in [-0.39, 0.29) is 12.0 Å². The van der Waals surface area contributed by atoms with Crippen LogP contribution in [-0.2, 0) is 0 Å². The zero-order valence-electron chi connectivity index (χ0n) is 14.0. The predicted molar refractivity (Wildman–Crippen MR) is 97.7 cm³/mol. The van der Waals surface area contributed by atoms with Crippen LogP contribution in [0, 0.1) is 0 Å². The summed E-state index contributed by atoms with van der Waals surface area (Å²) in [6.45, 7) is 2.17. The molecular weight excluding hydrogens is 388 g/mol. The summed E-state index contributed by atoms with van der Waals surface area (Å²) in [6.07, 6.45) is 0. The lowest BCUT2D eigenvalue weighted by Gasteiger charge is -2.01. The molecule has 136 valence electrons. The Labute approximate surface area is 161 Å². The van der Waals surface area contributed by atoms with Crippen molar-refractivity contribution in [3.63, 3.8) is 0 Å². The van der Waals surface area contributed by atoms with E-state index in [1.807, 2.05) is 42.6 Å². The summed E-state index contributed by atoms with van der Waals surface area (Å²) in [7, 11) is 0. The van der Waals surface area contributed by atoms with Crippen LogP contribution in [0.2, 0.25) is 0 Å². The van der Waals surface area contributed by atoms with Gasteiger partial charge in [0.1, 0.15) is 0 Å². The third-order valence-corrected chi connectivity index (χ3v) is 5.60. The summed E-state index contributed by atoms with van der Waals surface area (Å²) in [5.41, 5.74) is 0.768. The zero-order chi connectivity index (χ0) is 18.2. The summed E-state index contributed by atoms with van der Waals surface area (Å²) in [5, 5.41) is 18.7. The number of hydrogen-bond donors (Lipinski definition) is 0. The van der Waals surface area contributed by atoms with Gasteiger partial charge in [0.15, 0.2) is 11.5 Å². The SMILES string of the molecule is C[C@@H](Sc1nnc(-c2ccc3c(c2)OCO3)o1)c1nnc(-c2cccs2)o1. The van der Waals surface area contributed by atoms with Gasteiger partial charge in [-0.25, -0.2) is 0 Å². The summed E-state index contributed by atoms with van der Waals surface area (Å²) in [6, 6.07) is 9.37. The second-order valence-electron chi connectivity index (χ2n) is 5.62. The fourth-order valence-corrected chi connectivity index (χ4v) is 3.86. The molecule has 1 aliphatic rings. The Morgan fingerprint density at radius 2 is 1.89 bits per heavy atom. The smallest absolute Gasteiger partial charge is 0.277 e. The van der Waals surface area contributed by atoms with Gasteiger partial charge >= 0.3 is 0 Å². The van der Waals surface area contributed by atoms with Crippen molar-refractivity contribution in [3.05, 3.63) is 41.6 Å². The standard InChI is InChI=1S/C17H12N4O4S2/c1-9(14-18-20-16(24-14)13-3-2-6-26-13)27-17-21-19-15(25-17)10-4-5-11-12(7-10)23-8-22-11/h2-7,9H,8H2,1H3/t9-/m1/s1. The Bertz CT molecular complexity index is 1080. The van der Waals surface area contributed by atoms with Crippen LogP contribution in [0.3, 0.4) is 0 Å². The van der Waals surface area contributed by atoms with Crippen LogP contribution in [0.1, 0.15) is 18.1 Å². The largest absolute Gasteiger partial charge is 0.454 e. The first-order valence-electron chi connectivity index (χ1n) is 8.04. The monoisotopic (exact) mass is 400 g/mol. The van der Waals surface area contributed by atoms with E-state index >= 15 is 0 Å². The number of rotatable bonds is 5. The number of thioether (sulfide) groups is 1. The van der Waals surface area contributed by atoms with Gasteiger partial charge in [0.25, 0.3) is 11.1 Å². The van der Waals surface area contributed by atoms with Gasteiger partial charge in [0.2, 0.25) is 18.6 Å². The number of thiophene rings is 1. The molecule has 10 heteroatoms. The fourth-order valence-electron chi connectivity index (χ4n) is 2.50. The zero-order valence-corrected chi connectivity index (χ0v) is 15.6. The minimum absolute atomic E-state index is 0.128. The highest BCUT2D eigenvalue weighted by Gasteiger charge is 2.21. The van der Waals surface area contributed by atoms with Crippen LogP contribution in [0.5, 0.6) is 11.5 Å². The molecule has 0 radical (unpaired) electrons. The van der Waals surface area contributed by atoms with Crippen molar-refractivity contribution in [1.29, 1.82) is 0 Å². The van der Waals surface area contributed by atoms with E-state index in [2.05, 4.69) is 20.4 Å². The average molecular weight is 400 g/mol. The molecule has 27 heavy (non-hydrogen) atoms. The summed E-state index contributed by atoms with van der Waals surface area (Å²) >= 11 is 2.91. The highest BCUT2D eigenvalue weighted by atomic mass is 32.2. The van der Waals surface area contributed by atoms with Gasteiger partial charge in [-0.3, -0.25) is 0 Å². The molecule has 3 aromatic heterocycles. The van der Waals surface area contributed by atoms with Crippen LogP contribution >= 0.6 is 23.1 Å². The first-order valence-corrected chi connectivity index (χ1v) is 9.79. The molecule has 4 heterocycles. The molecule has 0 fully saturated rings. The normalized spacial score (nSPS) is 13.8. The molecule has 0 saturated heterocycles. The number of ether oxygens (including phenoxy) is 2. The minimum Gasteiger partial charge on any atom is -0.454 e. The lowest BCUT2D eigenvalue weighted by Crippen LogP contribution is -1.92. The maximum absolute atomic E-state index is 5.76. The van der Waals surface area contributed by atoms with Gasteiger partial charge in [-0.05, 0) is 36.6 Å². The van der Waals surface area contributed by atoms with Gasteiger partial charge in [-0.2, -0.15) is 0 Å². The predicted octanol–water partition coefficient (Wildman–Crippen LogP) is 4.43. The molecule has 0 spiro atoms. The molecule has 0 saturated carbocycles. The summed E-state index contributed by atoms with van der Waals surface area (Å²) in [5.74, 6) is 2.80. The van der Waals surface area contributed by atoms with Crippen molar-refractivity contribution in [3.8, 4) is 33.7 Å². The Morgan fingerprint density at radius 3 is 2.78 bits per heavy atom.